The number of hydrogen-bond donors (Lipinski definition) is 3. The maximum atomic E-state index is 12.5. The highest BCUT2D eigenvalue weighted by molar-refractivity contribution is 6.05. The Bertz CT molecular complexity index is 1290. The molecule has 4 N–H and O–H groups in total. The van der Waals surface area contributed by atoms with Crippen LogP contribution in [0.3, 0.4) is 0 Å². The smallest absolute Gasteiger partial charge is 0.255 e. The molecular weight excluding hydrogens is 452 g/mol. The third-order valence-electron chi connectivity index (χ3n) is 5.49. The van der Waals surface area contributed by atoms with E-state index in [0.717, 1.165) is 29.1 Å². The molecule has 184 valence electrons. The number of likely N-dealkylation sites (N-methyl/N-ethyl adjacent to an activating group) is 1. The van der Waals surface area contributed by atoms with E-state index in [-0.39, 0.29) is 5.91 Å². The molecule has 8 heteroatoms. The lowest BCUT2D eigenvalue weighted by Crippen LogP contribution is -2.19. The summed E-state index contributed by atoms with van der Waals surface area (Å²) in [7, 11) is 4.04. The Kier molecular flexibility index (Phi) is 8.10. The van der Waals surface area contributed by atoms with Crippen LogP contribution < -0.4 is 21.1 Å². The van der Waals surface area contributed by atoms with Crippen LogP contribution in [0.2, 0.25) is 0 Å². The molecule has 0 aliphatic carbocycles. The van der Waals surface area contributed by atoms with Gasteiger partial charge in [0, 0.05) is 30.4 Å². The first-order valence-electron chi connectivity index (χ1n) is 11.7. The van der Waals surface area contributed by atoms with Crippen LogP contribution in [0.15, 0.2) is 85.1 Å². The summed E-state index contributed by atoms with van der Waals surface area (Å²) in [5.74, 6) is 1.15. The van der Waals surface area contributed by atoms with Gasteiger partial charge < -0.3 is 26.0 Å². The molecular formula is C28H30N6O2. The molecule has 3 aromatic carbocycles. The Hall–Kier alpha value is -4.43. The van der Waals surface area contributed by atoms with E-state index in [1.165, 1.54) is 0 Å². The lowest BCUT2D eigenvalue weighted by atomic mass is 10.1. The number of hydrogen-bond acceptors (Lipinski definition) is 7. The second-order valence-corrected chi connectivity index (χ2v) is 8.53. The maximum Gasteiger partial charge on any atom is 0.255 e. The molecule has 0 fully saturated rings. The number of para-hydroxylation sites is 2. The standard InChI is InChI=1S/C28H30N6O2/c1-34(2)17-18-36-23-13-11-21(12-14-23)25-15-16-30-28(33-25)31-19-20-7-9-22(10-8-20)27(35)32-26-6-4-3-5-24(26)29/h3-16H,17-19,29H2,1-2H3,(H,32,35)(H,30,31,33). The van der Waals surface area contributed by atoms with Crippen molar-refractivity contribution in [1.82, 2.24) is 14.9 Å². The second kappa shape index (κ2) is 11.8. The number of nitrogens with zero attached hydrogens (tertiary/aromatic N) is 3. The van der Waals surface area contributed by atoms with Gasteiger partial charge in [-0.3, -0.25) is 4.79 Å². The van der Waals surface area contributed by atoms with E-state index in [9.17, 15) is 4.79 Å². The molecule has 4 aromatic rings. The van der Waals surface area contributed by atoms with E-state index >= 15 is 0 Å². The van der Waals surface area contributed by atoms with Crippen LogP contribution in [-0.4, -0.2) is 48.0 Å². The molecule has 0 radical (unpaired) electrons. The number of carbonyl (C=O) groups excluding carboxylic acids is 1. The van der Waals surface area contributed by atoms with Gasteiger partial charge in [0.25, 0.3) is 5.91 Å². The Labute approximate surface area is 211 Å². The maximum absolute atomic E-state index is 12.5. The minimum Gasteiger partial charge on any atom is -0.492 e. The summed E-state index contributed by atoms with van der Waals surface area (Å²) in [6.07, 6.45) is 1.73. The van der Waals surface area contributed by atoms with E-state index < -0.39 is 0 Å². The van der Waals surface area contributed by atoms with Gasteiger partial charge in [-0.25, -0.2) is 9.97 Å². The number of anilines is 3. The van der Waals surface area contributed by atoms with Crippen LogP contribution in [0.25, 0.3) is 11.3 Å². The van der Waals surface area contributed by atoms with E-state index in [1.807, 2.05) is 68.7 Å². The molecule has 1 aromatic heterocycles. The highest BCUT2D eigenvalue weighted by Crippen LogP contribution is 2.22. The van der Waals surface area contributed by atoms with Gasteiger partial charge in [-0.1, -0.05) is 24.3 Å². The minimum absolute atomic E-state index is 0.211. The predicted octanol–water partition coefficient (Wildman–Crippen LogP) is 4.53. The second-order valence-electron chi connectivity index (χ2n) is 8.53. The van der Waals surface area contributed by atoms with Gasteiger partial charge in [-0.15, -0.1) is 0 Å². The molecule has 36 heavy (non-hydrogen) atoms. The van der Waals surface area contributed by atoms with Crippen molar-refractivity contribution in [1.29, 1.82) is 0 Å². The monoisotopic (exact) mass is 482 g/mol. The van der Waals surface area contributed by atoms with Crippen molar-refractivity contribution in [3.63, 3.8) is 0 Å². The molecule has 8 nitrogen and oxygen atoms in total. The van der Waals surface area contributed by atoms with Crippen molar-refractivity contribution in [2.45, 2.75) is 6.54 Å². The van der Waals surface area contributed by atoms with Crippen LogP contribution in [0.4, 0.5) is 17.3 Å². The fraction of sp³-hybridized carbons (Fsp3) is 0.179. The number of nitrogen functional groups attached to an aromatic ring is 1. The summed E-state index contributed by atoms with van der Waals surface area (Å²) in [6.45, 7) is 2.03. The molecule has 1 heterocycles. The minimum atomic E-state index is -0.211. The topological polar surface area (TPSA) is 105 Å². The van der Waals surface area contributed by atoms with Crippen molar-refractivity contribution in [2.75, 3.05) is 43.6 Å². The Morgan fingerprint density at radius 1 is 0.972 bits per heavy atom. The van der Waals surface area contributed by atoms with Crippen LogP contribution in [0.5, 0.6) is 5.75 Å². The van der Waals surface area contributed by atoms with E-state index in [0.29, 0.717) is 36.0 Å². The van der Waals surface area contributed by atoms with E-state index in [2.05, 4.69) is 25.5 Å². The summed E-state index contributed by atoms with van der Waals surface area (Å²) >= 11 is 0. The van der Waals surface area contributed by atoms with E-state index in [1.54, 1.807) is 30.5 Å². The lowest BCUT2D eigenvalue weighted by Gasteiger charge is -2.11. The summed E-state index contributed by atoms with van der Waals surface area (Å²) in [5, 5.41) is 6.08. The number of carbonyl (C=O) groups is 1. The number of nitrogens with two attached hydrogens (primary N) is 1. The quantitative estimate of drug-likeness (QED) is 0.285. The molecule has 0 spiro atoms. The molecule has 0 bridgehead atoms. The van der Waals surface area contributed by atoms with Gasteiger partial charge in [0.1, 0.15) is 12.4 Å². The number of benzene rings is 3. The average molecular weight is 483 g/mol. The van der Waals surface area contributed by atoms with Gasteiger partial charge in [0.15, 0.2) is 0 Å². The molecule has 0 saturated heterocycles. The van der Waals surface area contributed by atoms with Crippen molar-refractivity contribution >= 4 is 23.2 Å². The fourth-order valence-corrected chi connectivity index (χ4v) is 3.43. The molecule has 0 aliphatic rings. The van der Waals surface area contributed by atoms with Crippen LogP contribution in [-0.2, 0) is 6.54 Å². The Balaban J connectivity index is 1.33. The zero-order chi connectivity index (χ0) is 25.3. The summed E-state index contributed by atoms with van der Waals surface area (Å²) < 4.78 is 5.76. The molecule has 4 rings (SSSR count). The van der Waals surface area contributed by atoms with Crippen LogP contribution in [0, 0.1) is 0 Å². The summed E-state index contributed by atoms with van der Waals surface area (Å²) in [5.41, 5.74) is 10.4. The highest BCUT2D eigenvalue weighted by Gasteiger charge is 2.08. The Morgan fingerprint density at radius 2 is 1.72 bits per heavy atom. The van der Waals surface area contributed by atoms with Crippen molar-refractivity contribution < 1.29 is 9.53 Å². The van der Waals surface area contributed by atoms with Crippen molar-refractivity contribution in [2.24, 2.45) is 0 Å². The number of rotatable bonds is 10. The molecule has 1 amide bonds. The fourth-order valence-electron chi connectivity index (χ4n) is 3.43. The van der Waals surface area contributed by atoms with Crippen LogP contribution in [0.1, 0.15) is 15.9 Å². The van der Waals surface area contributed by atoms with Gasteiger partial charge in [-0.05, 0) is 74.3 Å². The largest absolute Gasteiger partial charge is 0.492 e. The molecule has 0 unspecified atom stereocenters. The normalized spacial score (nSPS) is 10.8. The van der Waals surface area contributed by atoms with Crippen LogP contribution >= 0.6 is 0 Å². The van der Waals surface area contributed by atoms with Gasteiger partial charge in [0.2, 0.25) is 5.95 Å². The lowest BCUT2D eigenvalue weighted by molar-refractivity contribution is 0.102. The number of nitrogens with one attached hydrogen (secondary N) is 2. The van der Waals surface area contributed by atoms with Gasteiger partial charge in [-0.2, -0.15) is 0 Å². The predicted molar refractivity (Wildman–Crippen MR) is 144 cm³/mol. The zero-order valence-electron chi connectivity index (χ0n) is 20.4. The highest BCUT2D eigenvalue weighted by atomic mass is 16.5. The first kappa shape index (κ1) is 24.7. The van der Waals surface area contributed by atoms with Crippen molar-refractivity contribution in [3.8, 4) is 17.0 Å². The third-order valence-corrected chi connectivity index (χ3v) is 5.49. The molecule has 0 aliphatic heterocycles. The van der Waals surface area contributed by atoms with Crippen molar-refractivity contribution in [3.05, 3.63) is 96.2 Å². The number of amides is 1. The molecule has 0 atom stereocenters. The summed E-state index contributed by atoms with van der Waals surface area (Å²) in [6, 6.07) is 24.3. The summed E-state index contributed by atoms with van der Waals surface area (Å²) in [4.78, 5) is 23.6. The number of ether oxygens (including phenoxy) is 1. The number of aromatic nitrogens is 2. The molecule has 0 saturated carbocycles. The van der Waals surface area contributed by atoms with Gasteiger partial charge in [0.05, 0.1) is 17.1 Å². The zero-order valence-corrected chi connectivity index (χ0v) is 20.4. The average Bonchev–Trinajstić information content (AvgIpc) is 2.89. The first-order valence-corrected chi connectivity index (χ1v) is 11.7. The third kappa shape index (κ3) is 6.80. The first-order chi connectivity index (χ1) is 17.5. The SMILES string of the molecule is CN(C)CCOc1ccc(-c2ccnc(NCc3ccc(C(=O)Nc4ccccc4N)cc3)n2)cc1. The van der Waals surface area contributed by atoms with E-state index in [4.69, 9.17) is 10.5 Å². The van der Waals surface area contributed by atoms with Gasteiger partial charge >= 0.3 is 0 Å². The Morgan fingerprint density at radius 3 is 2.44 bits per heavy atom.